The molecule has 4 nitrogen and oxygen atoms in total. The number of rotatable bonds is 6. The molecule has 0 fully saturated rings. The Hall–Kier alpha value is -1.55. The van der Waals surface area contributed by atoms with Crippen LogP contribution in [0.2, 0.25) is 0 Å². The summed E-state index contributed by atoms with van der Waals surface area (Å²) < 4.78 is 0. The topological polar surface area (TPSA) is 61.4 Å². The molecule has 0 aliphatic heterocycles. The van der Waals surface area contributed by atoms with Crippen LogP contribution in [-0.2, 0) is 0 Å². The maximum Gasteiger partial charge on any atom is 0.319 e. The fraction of sp³-hybridized carbons (Fsp3) is 0.533. The van der Waals surface area contributed by atoms with Crippen LogP contribution in [0.4, 0.5) is 10.5 Å². The van der Waals surface area contributed by atoms with Gasteiger partial charge in [-0.2, -0.15) is 0 Å². The van der Waals surface area contributed by atoms with Gasteiger partial charge in [0, 0.05) is 18.8 Å². The average molecular weight is 264 g/mol. The van der Waals surface area contributed by atoms with Gasteiger partial charge in [-0.15, -0.1) is 0 Å². The van der Waals surface area contributed by atoms with Crippen molar-refractivity contribution in [3.8, 4) is 0 Å². The number of hydrogen-bond acceptors (Lipinski definition) is 2. The fourth-order valence-electron chi connectivity index (χ4n) is 1.74. The van der Waals surface area contributed by atoms with Gasteiger partial charge in [-0.3, -0.25) is 0 Å². The predicted molar refractivity (Wildman–Crippen MR) is 78.4 cm³/mol. The van der Waals surface area contributed by atoms with Crippen molar-refractivity contribution < 1.29 is 9.90 Å². The second-order valence-electron chi connectivity index (χ2n) is 5.23. The summed E-state index contributed by atoms with van der Waals surface area (Å²) in [5.41, 5.74) is 2.00. The number of urea groups is 1. The van der Waals surface area contributed by atoms with E-state index in [-0.39, 0.29) is 18.6 Å². The van der Waals surface area contributed by atoms with Crippen molar-refractivity contribution in [3.63, 3.8) is 0 Å². The number of anilines is 1. The molecular weight excluding hydrogens is 240 g/mol. The van der Waals surface area contributed by atoms with Gasteiger partial charge in [-0.1, -0.05) is 32.9 Å². The molecule has 4 heteroatoms. The van der Waals surface area contributed by atoms with Gasteiger partial charge >= 0.3 is 6.03 Å². The van der Waals surface area contributed by atoms with Crippen LogP contribution in [-0.4, -0.2) is 24.3 Å². The van der Waals surface area contributed by atoms with Crippen molar-refractivity contribution in [2.75, 3.05) is 18.5 Å². The summed E-state index contributed by atoms with van der Waals surface area (Å²) in [4.78, 5) is 11.7. The molecule has 0 aromatic heterocycles. The largest absolute Gasteiger partial charge is 0.396 e. The molecule has 1 rings (SSSR count). The zero-order chi connectivity index (χ0) is 14.3. The predicted octanol–water partition coefficient (Wildman–Crippen LogP) is 2.95. The third-order valence-electron chi connectivity index (χ3n) is 3.04. The van der Waals surface area contributed by atoms with Crippen LogP contribution in [0.1, 0.15) is 38.7 Å². The average Bonchev–Trinajstić information content (AvgIpc) is 2.37. The van der Waals surface area contributed by atoms with Crippen LogP contribution < -0.4 is 10.6 Å². The first-order chi connectivity index (χ1) is 9.02. The molecule has 0 aliphatic rings. The summed E-state index contributed by atoms with van der Waals surface area (Å²) in [6, 6.07) is 7.66. The Morgan fingerprint density at radius 1 is 1.32 bits per heavy atom. The molecule has 1 aromatic carbocycles. The Balaban J connectivity index is 2.46. The summed E-state index contributed by atoms with van der Waals surface area (Å²) in [5, 5.41) is 14.4. The highest BCUT2D eigenvalue weighted by molar-refractivity contribution is 5.89. The number of hydrogen-bond donors (Lipinski definition) is 3. The Morgan fingerprint density at radius 3 is 2.68 bits per heavy atom. The lowest BCUT2D eigenvalue weighted by Crippen LogP contribution is -2.32. The van der Waals surface area contributed by atoms with Crippen molar-refractivity contribution in [1.29, 1.82) is 0 Å². The van der Waals surface area contributed by atoms with Crippen molar-refractivity contribution >= 4 is 11.7 Å². The molecule has 1 atom stereocenters. The van der Waals surface area contributed by atoms with E-state index < -0.39 is 0 Å². The minimum Gasteiger partial charge on any atom is -0.396 e. The maximum absolute atomic E-state index is 11.7. The van der Waals surface area contributed by atoms with Gasteiger partial charge in [-0.05, 0) is 36.0 Å². The van der Waals surface area contributed by atoms with E-state index in [9.17, 15) is 4.79 Å². The molecule has 19 heavy (non-hydrogen) atoms. The van der Waals surface area contributed by atoms with E-state index in [2.05, 4.69) is 30.5 Å². The summed E-state index contributed by atoms with van der Waals surface area (Å²) in [7, 11) is 0. The minimum absolute atomic E-state index is 0.154. The van der Waals surface area contributed by atoms with E-state index in [0.29, 0.717) is 18.9 Å². The standard InChI is InChI=1S/C15H24N2O2/c1-11(2)13-5-4-6-14(9-13)17-15(19)16-10-12(3)7-8-18/h4-6,9,11-12,18H,7-8,10H2,1-3H3,(H2,16,17,19). The monoisotopic (exact) mass is 264 g/mol. The van der Waals surface area contributed by atoms with Crippen molar-refractivity contribution in [2.45, 2.75) is 33.1 Å². The van der Waals surface area contributed by atoms with Gasteiger partial charge in [0.05, 0.1) is 0 Å². The minimum atomic E-state index is -0.203. The van der Waals surface area contributed by atoms with Gasteiger partial charge in [0.1, 0.15) is 0 Å². The molecule has 3 N–H and O–H groups in total. The Bertz CT molecular complexity index is 405. The number of aliphatic hydroxyl groups excluding tert-OH is 1. The van der Waals surface area contributed by atoms with E-state index in [0.717, 1.165) is 5.69 Å². The lowest BCUT2D eigenvalue weighted by atomic mass is 10.0. The molecule has 0 saturated carbocycles. The third-order valence-corrected chi connectivity index (χ3v) is 3.04. The SMILES string of the molecule is CC(CCO)CNC(=O)Nc1cccc(C(C)C)c1. The van der Waals surface area contributed by atoms with Gasteiger partial charge in [-0.25, -0.2) is 4.79 Å². The zero-order valence-electron chi connectivity index (χ0n) is 11.9. The molecule has 106 valence electrons. The Morgan fingerprint density at radius 2 is 2.05 bits per heavy atom. The molecule has 1 unspecified atom stereocenters. The first-order valence-electron chi connectivity index (χ1n) is 6.78. The summed E-state index contributed by atoms with van der Waals surface area (Å²) in [6.07, 6.45) is 0.698. The molecule has 0 heterocycles. The molecule has 0 bridgehead atoms. The van der Waals surface area contributed by atoms with Gasteiger partial charge in [0.15, 0.2) is 0 Å². The van der Waals surface area contributed by atoms with Crippen LogP contribution in [0.15, 0.2) is 24.3 Å². The van der Waals surface area contributed by atoms with Crippen LogP contribution in [0, 0.1) is 5.92 Å². The number of carbonyl (C=O) groups excluding carboxylic acids is 1. The van der Waals surface area contributed by atoms with E-state index >= 15 is 0 Å². The first-order valence-corrected chi connectivity index (χ1v) is 6.78. The number of carbonyl (C=O) groups is 1. The highest BCUT2D eigenvalue weighted by atomic mass is 16.3. The van der Waals surface area contributed by atoms with Crippen LogP contribution in [0.5, 0.6) is 0 Å². The number of aliphatic hydroxyl groups is 1. The van der Waals surface area contributed by atoms with Crippen LogP contribution in [0.3, 0.4) is 0 Å². The van der Waals surface area contributed by atoms with Gasteiger partial charge < -0.3 is 15.7 Å². The number of amides is 2. The van der Waals surface area contributed by atoms with Crippen LogP contribution >= 0.6 is 0 Å². The van der Waals surface area contributed by atoms with Crippen molar-refractivity contribution in [1.82, 2.24) is 5.32 Å². The molecule has 0 aliphatic carbocycles. The maximum atomic E-state index is 11.7. The normalized spacial score (nSPS) is 12.3. The van der Waals surface area contributed by atoms with Crippen molar-refractivity contribution in [2.24, 2.45) is 5.92 Å². The highest BCUT2D eigenvalue weighted by Gasteiger charge is 2.06. The third kappa shape index (κ3) is 5.75. The lowest BCUT2D eigenvalue weighted by Gasteiger charge is -2.13. The second kappa shape index (κ2) is 7.79. The molecular formula is C15H24N2O2. The molecule has 0 radical (unpaired) electrons. The zero-order valence-corrected chi connectivity index (χ0v) is 11.9. The highest BCUT2D eigenvalue weighted by Crippen LogP contribution is 2.18. The van der Waals surface area contributed by atoms with Gasteiger partial charge in [0.25, 0.3) is 0 Å². The van der Waals surface area contributed by atoms with E-state index in [1.165, 1.54) is 5.56 Å². The second-order valence-corrected chi connectivity index (χ2v) is 5.23. The molecule has 0 spiro atoms. The lowest BCUT2D eigenvalue weighted by molar-refractivity contribution is 0.243. The molecule has 0 saturated heterocycles. The number of benzene rings is 1. The summed E-state index contributed by atoms with van der Waals surface area (Å²) >= 11 is 0. The van der Waals surface area contributed by atoms with Crippen molar-refractivity contribution in [3.05, 3.63) is 29.8 Å². The van der Waals surface area contributed by atoms with Crippen LogP contribution in [0.25, 0.3) is 0 Å². The quantitative estimate of drug-likeness (QED) is 0.739. The van der Waals surface area contributed by atoms with E-state index in [4.69, 9.17) is 5.11 Å². The first kappa shape index (κ1) is 15.5. The Labute approximate surface area is 115 Å². The Kier molecular flexibility index (Phi) is 6.36. The number of nitrogens with one attached hydrogen (secondary N) is 2. The summed E-state index contributed by atoms with van der Waals surface area (Å²) in [5.74, 6) is 0.715. The van der Waals surface area contributed by atoms with E-state index in [1.807, 2.05) is 25.1 Å². The summed E-state index contributed by atoms with van der Waals surface area (Å²) in [6.45, 7) is 6.96. The molecule has 2 amide bonds. The smallest absolute Gasteiger partial charge is 0.319 e. The molecule has 1 aromatic rings. The van der Waals surface area contributed by atoms with E-state index in [1.54, 1.807) is 0 Å². The van der Waals surface area contributed by atoms with Gasteiger partial charge in [0.2, 0.25) is 0 Å². The fourth-order valence-corrected chi connectivity index (χ4v) is 1.74.